The first-order valence-electron chi connectivity index (χ1n) is 7.51. The summed E-state index contributed by atoms with van der Waals surface area (Å²) in [6.07, 6.45) is 0. The monoisotopic (exact) mass is 348 g/mol. The molecule has 2 rings (SSSR count). The van der Waals surface area contributed by atoms with Gasteiger partial charge in [-0.15, -0.1) is 0 Å². The van der Waals surface area contributed by atoms with E-state index in [0.717, 1.165) is 5.69 Å². The topological polar surface area (TPSA) is 76.0 Å². The third-order valence-electron chi connectivity index (χ3n) is 3.42. The van der Waals surface area contributed by atoms with Crippen LogP contribution in [0.3, 0.4) is 0 Å². The zero-order valence-electron chi connectivity index (χ0n) is 14.4. The first-order valence-corrected chi connectivity index (χ1v) is 7.89. The molecule has 0 radical (unpaired) electrons. The Labute approximate surface area is 146 Å². The molecule has 1 heterocycles. The Morgan fingerprint density at radius 2 is 1.83 bits per heavy atom. The highest BCUT2D eigenvalue weighted by molar-refractivity contribution is 6.34. The maximum Gasteiger partial charge on any atom is 0.273 e. The normalized spacial score (nSPS) is 11.2. The van der Waals surface area contributed by atoms with Crippen molar-refractivity contribution in [2.45, 2.75) is 33.1 Å². The predicted molar refractivity (Wildman–Crippen MR) is 95.6 cm³/mol. The smallest absolute Gasteiger partial charge is 0.273 e. The minimum Gasteiger partial charge on any atom is -0.326 e. The zero-order valence-corrected chi connectivity index (χ0v) is 15.2. The number of aromatic nitrogens is 2. The van der Waals surface area contributed by atoms with Gasteiger partial charge >= 0.3 is 0 Å². The van der Waals surface area contributed by atoms with Crippen LogP contribution in [0.4, 0.5) is 11.4 Å². The fourth-order valence-electron chi connectivity index (χ4n) is 2.13. The zero-order chi connectivity index (χ0) is 18.1. The van der Waals surface area contributed by atoms with E-state index in [-0.39, 0.29) is 17.2 Å². The molecule has 0 unspecified atom stereocenters. The van der Waals surface area contributed by atoms with Gasteiger partial charge in [-0.3, -0.25) is 14.3 Å². The maximum absolute atomic E-state index is 12.5. The average Bonchev–Trinajstić information content (AvgIpc) is 2.83. The number of aryl methyl sites for hydroxylation is 1. The van der Waals surface area contributed by atoms with E-state index in [4.69, 9.17) is 11.6 Å². The van der Waals surface area contributed by atoms with Crippen LogP contribution in [0.15, 0.2) is 24.3 Å². The van der Waals surface area contributed by atoms with Crippen LogP contribution >= 0.6 is 11.6 Å². The lowest BCUT2D eigenvalue weighted by atomic mass is 9.92. The van der Waals surface area contributed by atoms with Gasteiger partial charge in [0.25, 0.3) is 5.91 Å². The second-order valence-electron chi connectivity index (χ2n) is 6.62. The second-order valence-corrected chi connectivity index (χ2v) is 7.03. The summed E-state index contributed by atoms with van der Waals surface area (Å²) >= 11 is 6.17. The van der Waals surface area contributed by atoms with Crippen molar-refractivity contribution in [1.82, 2.24) is 9.78 Å². The number of rotatable bonds is 3. The standard InChI is InChI=1S/C17H21ClN4O2/c1-10(23)19-11-6-7-13(12(18)8-11)20-16(24)14-9-15(17(2,3)4)21-22(14)5/h6-9H,1-5H3,(H,19,23)(H,20,24). The molecular formula is C17H21ClN4O2. The summed E-state index contributed by atoms with van der Waals surface area (Å²) in [4.78, 5) is 23.5. The van der Waals surface area contributed by atoms with Crippen molar-refractivity contribution in [3.8, 4) is 0 Å². The van der Waals surface area contributed by atoms with Crippen molar-refractivity contribution in [2.24, 2.45) is 7.05 Å². The van der Waals surface area contributed by atoms with Crippen molar-refractivity contribution in [1.29, 1.82) is 0 Å². The molecule has 1 aromatic heterocycles. The van der Waals surface area contributed by atoms with Crippen LogP contribution in [0, 0.1) is 0 Å². The highest BCUT2D eigenvalue weighted by Crippen LogP contribution is 2.27. The molecule has 24 heavy (non-hydrogen) atoms. The van der Waals surface area contributed by atoms with E-state index in [1.54, 1.807) is 36.0 Å². The molecule has 0 aliphatic heterocycles. The largest absolute Gasteiger partial charge is 0.326 e. The fraction of sp³-hybridized carbons (Fsp3) is 0.353. The molecule has 2 amide bonds. The molecule has 6 nitrogen and oxygen atoms in total. The fourth-order valence-corrected chi connectivity index (χ4v) is 2.36. The third-order valence-corrected chi connectivity index (χ3v) is 3.73. The molecule has 1 aromatic carbocycles. The van der Waals surface area contributed by atoms with E-state index in [9.17, 15) is 9.59 Å². The van der Waals surface area contributed by atoms with Crippen LogP contribution in [0.25, 0.3) is 0 Å². The van der Waals surface area contributed by atoms with Gasteiger partial charge in [0.15, 0.2) is 0 Å². The summed E-state index contributed by atoms with van der Waals surface area (Å²) in [6.45, 7) is 7.52. The Morgan fingerprint density at radius 3 is 2.33 bits per heavy atom. The van der Waals surface area contributed by atoms with Gasteiger partial charge in [0.2, 0.25) is 5.91 Å². The van der Waals surface area contributed by atoms with Crippen molar-refractivity contribution in [3.63, 3.8) is 0 Å². The minimum absolute atomic E-state index is 0.145. The van der Waals surface area contributed by atoms with Crippen LogP contribution in [-0.2, 0) is 17.3 Å². The molecule has 0 aliphatic rings. The minimum atomic E-state index is -0.297. The number of carbonyl (C=O) groups is 2. The SMILES string of the molecule is CC(=O)Nc1ccc(NC(=O)c2cc(C(C)(C)C)nn2C)c(Cl)c1. The molecular weight excluding hydrogens is 328 g/mol. The van der Waals surface area contributed by atoms with Crippen LogP contribution in [0.1, 0.15) is 43.9 Å². The number of nitrogens with zero attached hydrogens (tertiary/aromatic N) is 2. The first-order chi connectivity index (χ1) is 11.1. The number of hydrogen-bond donors (Lipinski definition) is 2. The molecule has 0 saturated carbocycles. The number of carbonyl (C=O) groups excluding carboxylic acids is 2. The average molecular weight is 349 g/mol. The Bertz CT molecular complexity index is 790. The maximum atomic E-state index is 12.5. The summed E-state index contributed by atoms with van der Waals surface area (Å²) < 4.78 is 1.55. The number of benzene rings is 1. The van der Waals surface area contributed by atoms with E-state index in [1.807, 2.05) is 20.8 Å². The van der Waals surface area contributed by atoms with Crippen LogP contribution in [-0.4, -0.2) is 21.6 Å². The van der Waals surface area contributed by atoms with Gasteiger partial charge in [-0.2, -0.15) is 5.10 Å². The van der Waals surface area contributed by atoms with E-state index in [2.05, 4.69) is 15.7 Å². The van der Waals surface area contributed by atoms with Gasteiger partial charge in [-0.1, -0.05) is 32.4 Å². The molecule has 0 atom stereocenters. The highest BCUT2D eigenvalue weighted by Gasteiger charge is 2.22. The molecule has 0 saturated heterocycles. The number of nitrogens with one attached hydrogen (secondary N) is 2. The van der Waals surface area contributed by atoms with Crippen molar-refractivity contribution < 1.29 is 9.59 Å². The van der Waals surface area contributed by atoms with Crippen LogP contribution in [0.2, 0.25) is 5.02 Å². The summed E-state index contributed by atoms with van der Waals surface area (Å²) in [5, 5.41) is 10.1. The number of hydrogen-bond acceptors (Lipinski definition) is 3. The van der Waals surface area contributed by atoms with Gasteiger partial charge in [0, 0.05) is 25.1 Å². The van der Waals surface area contributed by atoms with Crippen molar-refractivity contribution >= 4 is 34.8 Å². The molecule has 2 N–H and O–H groups in total. The Hall–Kier alpha value is -2.34. The summed E-state index contributed by atoms with van der Waals surface area (Å²) in [5.41, 5.74) is 2.17. The summed E-state index contributed by atoms with van der Waals surface area (Å²) in [6, 6.07) is 6.68. The summed E-state index contributed by atoms with van der Waals surface area (Å²) in [5.74, 6) is -0.484. The molecule has 0 spiro atoms. The van der Waals surface area contributed by atoms with Crippen molar-refractivity contribution in [3.05, 3.63) is 40.7 Å². The summed E-state index contributed by atoms with van der Waals surface area (Å²) in [7, 11) is 1.73. The van der Waals surface area contributed by atoms with Crippen molar-refractivity contribution in [2.75, 3.05) is 10.6 Å². The molecule has 128 valence electrons. The Kier molecular flexibility index (Phi) is 4.99. The molecule has 0 fully saturated rings. The predicted octanol–water partition coefficient (Wildman–Crippen LogP) is 3.58. The van der Waals surface area contributed by atoms with Gasteiger partial charge < -0.3 is 10.6 Å². The van der Waals surface area contributed by atoms with Gasteiger partial charge in [-0.05, 0) is 24.3 Å². The lowest BCUT2D eigenvalue weighted by Gasteiger charge is -2.13. The quantitative estimate of drug-likeness (QED) is 0.890. The van der Waals surface area contributed by atoms with Gasteiger partial charge in [0.05, 0.1) is 16.4 Å². The molecule has 0 bridgehead atoms. The first kappa shape index (κ1) is 18.0. The van der Waals surface area contributed by atoms with E-state index >= 15 is 0 Å². The molecule has 2 aromatic rings. The lowest BCUT2D eigenvalue weighted by molar-refractivity contribution is -0.114. The van der Waals surface area contributed by atoms with Gasteiger partial charge in [0.1, 0.15) is 5.69 Å². The molecule has 0 aliphatic carbocycles. The Morgan fingerprint density at radius 1 is 1.17 bits per heavy atom. The van der Waals surface area contributed by atoms with E-state index in [0.29, 0.717) is 22.1 Å². The molecule has 7 heteroatoms. The second kappa shape index (κ2) is 6.65. The third kappa shape index (κ3) is 4.14. The number of halogens is 1. The van der Waals surface area contributed by atoms with E-state index < -0.39 is 0 Å². The van der Waals surface area contributed by atoms with Crippen LogP contribution < -0.4 is 10.6 Å². The van der Waals surface area contributed by atoms with Gasteiger partial charge in [-0.25, -0.2) is 0 Å². The Balaban J connectivity index is 2.21. The van der Waals surface area contributed by atoms with Crippen LogP contribution in [0.5, 0.6) is 0 Å². The van der Waals surface area contributed by atoms with E-state index in [1.165, 1.54) is 6.92 Å². The number of anilines is 2. The highest BCUT2D eigenvalue weighted by atomic mass is 35.5. The lowest BCUT2D eigenvalue weighted by Crippen LogP contribution is -2.16. The number of amides is 2.